The first-order valence-corrected chi connectivity index (χ1v) is 5.58. The second-order valence-electron chi connectivity index (χ2n) is 2.98. The van der Waals surface area contributed by atoms with E-state index >= 15 is 0 Å². The number of hydrogen-bond donors (Lipinski definition) is 0. The van der Waals surface area contributed by atoms with Crippen LogP contribution in [-0.2, 0) is 0 Å². The first-order valence-electron chi connectivity index (χ1n) is 4.16. The van der Waals surface area contributed by atoms with E-state index in [9.17, 15) is 0 Å². The van der Waals surface area contributed by atoms with Crippen molar-refractivity contribution in [1.82, 2.24) is 9.97 Å². The Morgan fingerprint density at radius 2 is 2.15 bits per heavy atom. The molecular formula is C9H13ClN2S. The summed E-state index contributed by atoms with van der Waals surface area (Å²) in [5, 5.41) is 1.41. The summed E-state index contributed by atoms with van der Waals surface area (Å²) in [6.45, 7) is 5.97. The first-order chi connectivity index (χ1) is 6.11. The maximum Gasteiger partial charge on any atom is 0.126 e. The van der Waals surface area contributed by atoms with Crippen LogP contribution in [0, 0.1) is 13.8 Å². The van der Waals surface area contributed by atoms with E-state index < -0.39 is 0 Å². The molecule has 13 heavy (non-hydrogen) atoms. The number of hydrogen-bond acceptors (Lipinski definition) is 3. The van der Waals surface area contributed by atoms with Crippen LogP contribution in [0.15, 0.2) is 11.1 Å². The van der Waals surface area contributed by atoms with E-state index in [4.69, 9.17) is 11.6 Å². The smallest absolute Gasteiger partial charge is 0.126 e. The molecule has 2 nitrogen and oxygen atoms in total. The molecular weight excluding hydrogens is 204 g/mol. The van der Waals surface area contributed by atoms with Crippen molar-refractivity contribution in [1.29, 1.82) is 0 Å². The Bertz CT molecular complexity index is 271. The molecule has 1 rings (SSSR count). The highest BCUT2D eigenvalue weighted by Crippen LogP contribution is 2.22. The molecule has 1 aromatic heterocycles. The molecule has 1 aromatic rings. The predicted octanol–water partition coefficient (Wildman–Crippen LogP) is 2.81. The summed E-state index contributed by atoms with van der Waals surface area (Å²) in [5.41, 5.74) is 1.01. The van der Waals surface area contributed by atoms with Crippen LogP contribution < -0.4 is 0 Å². The fourth-order valence-electron chi connectivity index (χ4n) is 0.981. The maximum absolute atomic E-state index is 5.72. The molecule has 0 radical (unpaired) electrons. The molecule has 1 heterocycles. The van der Waals surface area contributed by atoms with Crippen molar-refractivity contribution in [2.75, 3.05) is 5.88 Å². The van der Waals surface area contributed by atoms with E-state index in [1.54, 1.807) is 11.8 Å². The van der Waals surface area contributed by atoms with Gasteiger partial charge in [-0.2, -0.15) is 0 Å². The van der Waals surface area contributed by atoms with E-state index in [-0.39, 0.29) is 0 Å². The number of rotatable bonds is 3. The molecule has 0 aromatic carbocycles. The Balaban J connectivity index is 2.77. The molecule has 0 saturated heterocycles. The third-order valence-electron chi connectivity index (χ3n) is 1.48. The van der Waals surface area contributed by atoms with Crippen LogP contribution in [0.4, 0.5) is 0 Å². The van der Waals surface area contributed by atoms with Gasteiger partial charge in [0.25, 0.3) is 0 Å². The third kappa shape index (κ3) is 3.53. The van der Waals surface area contributed by atoms with E-state index in [1.165, 1.54) is 0 Å². The van der Waals surface area contributed by atoms with E-state index in [2.05, 4.69) is 16.9 Å². The summed E-state index contributed by atoms with van der Waals surface area (Å²) in [5.74, 6) is 1.47. The summed E-state index contributed by atoms with van der Waals surface area (Å²) in [7, 11) is 0. The minimum atomic E-state index is 0.398. The van der Waals surface area contributed by atoms with E-state index in [1.807, 2.05) is 19.9 Å². The molecule has 0 bridgehead atoms. The zero-order valence-electron chi connectivity index (χ0n) is 8.04. The van der Waals surface area contributed by atoms with Gasteiger partial charge in [-0.1, -0.05) is 6.92 Å². The fourth-order valence-corrected chi connectivity index (χ4v) is 2.07. The van der Waals surface area contributed by atoms with Crippen LogP contribution in [0.3, 0.4) is 0 Å². The molecule has 0 aliphatic heterocycles. The molecule has 4 heteroatoms. The SMILES string of the molecule is Cc1cc(SC(C)CCl)nc(C)n1. The van der Waals surface area contributed by atoms with Crippen molar-refractivity contribution in [2.45, 2.75) is 31.0 Å². The predicted molar refractivity (Wildman–Crippen MR) is 57.5 cm³/mol. The van der Waals surface area contributed by atoms with Gasteiger partial charge in [0.15, 0.2) is 0 Å². The average molecular weight is 217 g/mol. The topological polar surface area (TPSA) is 25.8 Å². The van der Waals surface area contributed by atoms with Gasteiger partial charge in [-0.3, -0.25) is 0 Å². The number of aromatic nitrogens is 2. The Hall–Kier alpha value is -0.280. The van der Waals surface area contributed by atoms with Gasteiger partial charge in [0.05, 0.1) is 0 Å². The van der Waals surface area contributed by atoms with Crippen LogP contribution in [0.2, 0.25) is 0 Å². The van der Waals surface area contributed by atoms with Gasteiger partial charge in [0, 0.05) is 16.8 Å². The molecule has 1 atom stereocenters. The van der Waals surface area contributed by atoms with E-state index in [0.29, 0.717) is 11.1 Å². The van der Waals surface area contributed by atoms with Crippen LogP contribution in [0.5, 0.6) is 0 Å². The minimum absolute atomic E-state index is 0.398. The summed E-state index contributed by atoms with van der Waals surface area (Å²) in [6, 6.07) is 1.99. The first kappa shape index (κ1) is 10.8. The lowest BCUT2D eigenvalue weighted by Gasteiger charge is -2.07. The molecule has 72 valence electrons. The highest BCUT2D eigenvalue weighted by Gasteiger charge is 2.05. The van der Waals surface area contributed by atoms with Crippen molar-refractivity contribution < 1.29 is 0 Å². The average Bonchev–Trinajstić information content (AvgIpc) is 2.02. The number of aryl methyl sites for hydroxylation is 2. The van der Waals surface area contributed by atoms with Gasteiger partial charge in [-0.15, -0.1) is 23.4 Å². The second kappa shape index (κ2) is 4.82. The van der Waals surface area contributed by atoms with Crippen molar-refractivity contribution in [3.63, 3.8) is 0 Å². The molecule has 0 N–H and O–H groups in total. The Morgan fingerprint density at radius 1 is 1.46 bits per heavy atom. The van der Waals surface area contributed by atoms with Crippen molar-refractivity contribution in [3.8, 4) is 0 Å². The quantitative estimate of drug-likeness (QED) is 0.442. The van der Waals surface area contributed by atoms with Crippen molar-refractivity contribution >= 4 is 23.4 Å². The van der Waals surface area contributed by atoms with Gasteiger partial charge in [0.1, 0.15) is 10.9 Å². The van der Waals surface area contributed by atoms with Crippen LogP contribution in [-0.4, -0.2) is 21.1 Å². The molecule has 0 aliphatic carbocycles. The second-order valence-corrected chi connectivity index (χ2v) is 4.74. The summed E-state index contributed by atoms with van der Waals surface area (Å²) < 4.78 is 0. The van der Waals surface area contributed by atoms with E-state index in [0.717, 1.165) is 16.5 Å². The van der Waals surface area contributed by atoms with Crippen LogP contribution >= 0.6 is 23.4 Å². The Morgan fingerprint density at radius 3 is 2.69 bits per heavy atom. The van der Waals surface area contributed by atoms with Gasteiger partial charge in [-0.05, 0) is 19.9 Å². The Kier molecular flexibility index (Phi) is 4.00. The molecule has 0 saturated carbocycles. The van der Waals surface area contributed by atoms with Gasteiger partial charge in [-0.25, -0.2) is 9.97 Å². The summed E-state index contributed by atoms with van der Waals surface area (Å²) >= 11 is 7.41. The van der Waals surface area contributed by atoms with Gasteiger partial charge >= 0.3 is 0 Å². The number of thioether (sulfide) groups is 1. The highest BCUT2D eigenvalue weighted by atomic mass is 35.5. The minimum Gasteiger partial charge on any atom is -0.238 e. The van der Waals surface area contributed by atoms with Crippen LogP contribution in [0.1, 0.15) is 18.4 Å². The van der Waals surface area contributed by atoms with Crippen LogP contribution in [0.25, 0.3) is 0 Å². The molecule has 0 aliphatic rings. The molecule has 0 fully saturated rings. The monoisotopic (exact) mass is 216 g/mol. The normalized spacial score (nSPS) is 12.9. The lowest BCUT2D eigenvalue weighted by atomic mass is 10.4. The number of nitrogens with zero attached hydrogens (tertiary/aromatic N) is 2. The standard InChI is InChI=1S/C9H13ClN2S/c1-6-4-9(12-8(3)11-6)13-7(2)5-10/h4,7H,5H2,1-3H3. The third-order valence-corrected chi connectivity index (χ3v) is 3.15. The molecule has 0 spiro atoms. The lowest BCUT2D eigenvalue weighted by molar-refractivity contribution is 0.931. The van der Waals surface area contributed by atoms with Gasteiger partial charge in [0.2, 0.25) is 0 Å². The number of halogens is 1. The van der Waals surface area contributed by atoms with Crippen molar-refractivity contribution in [3.05, 3.63) is 17.6 Å². The molecule has 0 amide bonds. The zero-order chi connectivity index (χ0) is 9.84. The highest BCUT2D eigenvalue weighted by molar-refractivity contribution is 7.99. The summed E-state index contributed by atoms with van der Waals surface area (Å²) in [6.07, 6.45) is 0. The Labute approximate surface area is 88.1 Å². The number of alkyl halides is 1. The summed E-state index contributed by atoms with van der Waals surface area (Å²) in [4.78, 5) is 8.53. The van der Waals surface area contributed by atoms with Gasteiger partial charge < -0.3 is 0 Å². The zero-order valence-corrected chi connectivity index (χ0v) is 9.61. The molecule has 1 unspecified atom stereocenters. The van der Waals surface area contributed by atoms with Crippen molar-refractivity contribution in [2.24, 2.45) is 0 Å². The fraction of sp³-hybridized carbons (Fsp3) is 0.556. The maximum atomic E-state index is 5.72. The lowest BCUT2D eigenvalue weighted by Crippen LogP contribution is -2.00. The largest absolute Gasteiger partial charge is 0.238 e.